The first-order valence-electron chi connectivity index (χ1n) is 7.29. The van der Waals surface area contributed by atoms with Crippen molar-refractivity contribution in [1.29, 1.82) is 0 Å². The minimum Gasteiger partial charge on any atom is -0.376 e. The smallest absolute Gasteiger partial charge is 0.376 e. The fourth-order valence-electron chi connectivity index (χ4n) is 2.60. The summed E-state index contributed by atoms with van der Waals surface area (Å²) in [4.78, 5) is 0. The van der Waals surface area contributed by atoms with Crippen molar-refractivity contribution in [2.75, 3.05) is 38.0 Å². The number of rotatable bonds is 5. The molecule has 0 aromatic heterocycles. The van der Waals surface area contributed by atoms with E-state index in [1.54, 1.807) is 7.11 Å². The highest BCUT2D eigenvalue weighted by Crippen LogP contribution is 2.24. The van der Waals surface area contributed by atoms with Crippen LogP contribution in [0.2, 0.25) is 39.3 Å². The van der Waals surface area contributed by atoms with Gasteiger partial charge >= 0.3 is 8.80 Å². The normalized spacial score (nSPS) is 21.6. The average Bonchev–Trinajstić information content (AvgIpc) is 2.25. The van der Waals surface area contributed by atoms with Gasteiger partial charge in [-0.25, -0.2) is 0 Å². The summed E-state index contributed by atoms with van der Waals surface area (Å²) in [7, 11) is -3.61. The van der Waals surface area contributed by atoms with E-state index in [0.29, 0.717) is 0 Å². The van der Waals surface area contributed by atoms with Gasteiger partial charge in [-0.2, -0.15) is 11.8 Å². The molecule has 1 aliphatic heterocycles. The molecule has 0 spiro atoms. The molecule has 8 heteroatoms. The van der Waals surface area contributed by atoms with Gasteiger partial charge in [0.25, 0.3) is 0 Å². The molecule has 0 unspecified atom stereocenters. The van der Waals surface area contributed by atoms with Crippen LogP contribution in [0.1, 0.15) is 0 Å². The summed E-state index contributed by atoms with van der Waals surface area (Å²) in [6, 6.07) is 0. The van der Waals surface area contributed by atoms with Crippen LogP contribution < -0.4 is 0 Å². The Kier molecular flexibility index (Phi) is 6.99. The van der Waals surface area contributed by atoms with Crippen molar-refractivity contribution in [2.45, 2.75) is 39.3 Å². The molecular weight excluding hydrogens is 322 g/mol. The minimum absolute atomic E-state index is 0.746. The Morgan fingerprint density at radius 2 is 1.45 bits per heavy atom. The second-order valence-corrected chi connectivity index (χ2v) is 21.2. The maximum atomic E-state index is 6.12. The van der Waals surface area contributed by atoms with Gasteiger partial charge in [0.2, 0.25) is 0 Å². The maximum Gasteiger partial charge on any atom is 0.514 e. The predicted octanol–water partition coefficient (Wildman–Crippen LogP) is 2.86. The maximum absolute atomic E-state index is 6.12. The van der Waals surface area contributed by atoms with E-state index in [9.17, 15) is 0 Å². The largest absolute Gasteiger partial charge is 0.514 e. The van der Waals surface area contributed by atoms with Crippen LogP contribution in [0.25, 0.3) is 0 Å². The van der Waals surface area contributed by atoms with Gasteiger partial charge in [-0.1, -0.05) is 39.3 Å². The lowest BCUT2D eigenvalue weighted by atomic mass is 10.9. The Labute approximate surface area is 132 Å². The van der Waals surface area contributed by atoms with Crippen LogP contribution in [0.4, 0.5) is 0 Å². The molecule has 0 bridgehead atoms. The number of nitrogens with zero attached hydrogens (tertiary/aromatic N) is 1. The molecule has 0 N–H and O–H groups in total. The van der Waals surface area contributed by atoms with Gasteiger partial charge in [0.05, 0.1) is 6.17 Å². The molecule has 0 aliphatic carbocycles. The molecule has 0 radical (unpaired) electrons. The van der Waals surface area contributed by atoms with E-state index in [4.69, 9.17) is 13.3 Å². The first-order valence-corrected chi connectivity index (χ1v) is 17.3. The monoisotopic (exact) mass is 353 g/mol. The van der Waals surface area contributed by atoms with Crippen molar-refractivity contribution in [3.63, 3.8) is 0 Å². The van der Waals surface area contributed by atoms with E-state index in [2.05, 4.69) is 43.5 Å². The molecular formula is C12H31NO3SSi3. The molecule has 1 saturated heterocycles. The van der Waals surface area contributed by atoms with E-state index in [-0.39, 0.29) is 0 Å². The van der Waals surface area contributed by atoms with E-state index in [1.807, 2.05) is 11.8 Å². The zero-order valence-electron chi connectivity index (χ0n) is 14.1. The Morgan fingerprint density at radius 1 is 1.00 bits per heavy atom. The minimum atomic E-state index is -2.54. The van der Waals surface area contributed by atoms with Gasteiger partial charge in [-0.3, -0.25) is 0 Å². The third-order valence-electron chi connectivity index (χ3n) is 3.38. The van der Waals surface area contributed by atoms with Crippen molar-refractivity contribution in [3.05, 3.63) is 0 Å². The Bertz CT molecular complexity index is 285. The first-order chi connectivity index (χ1) is 9.11. The van der Waals surface area contributed by atoms with Crippen molar-refractivity contribution in [3.8, 4) is 0 Å². The summed E-state index contributed by atoms with van der Waals surface area (Å²) in [6.07, 6.45) is 0.861. The van der Waals surface area contributed by atoms with Crippen molar-refractivity contribution < 1.29 is 13.3 Å². The van der Waals surface area contributed by atoms with E-state index >= 15 is 0 Å². The zero-order valence-corrected chi connectivity index (χ0v) is 17.9. The van der Waals surface area contributed by atoms with Gasteiger partial charge < -0.3 is 17.5 Å². The van der Waals surface area contributed by atoms with Crippen LogP contribution in [0.3, 0.4) is 0 Å². The fraction of sp³-hybridized carbons (Fsp3) is 1.00. The number of hydrogen-bond acceptors (Lipinski definition) is 5. The highest BCUT2D eigenvalue weighted by molar-refractivity contribution is 7.99. The fourth-order valence-corrected chi connectivity index (χ4v) is 18.4. The second-order valence-electron chi connectivity index (χ2n) is 7.12. The van der Waals surface area contributed by atoms with Crippen LogP contribution in [0, 0.1) is 0 Å². The summed E-state index contributed by atoms with van der Waals surface area (Å²) in [5.41, 5.74) is 0. The Morgan fingerprint density at radius 3 is 1.80 bits per heavy atom. The second kappa shape index (κ2) is 7.40. The Balaban J connectivity index is 2.91. The summed E-state index contributed by atoms with van der Waals surface area (Å²) >= 11 is 1.89. The van der Waals surface area contributed by atoms with Gasteiger partial charge in [-0.05, 0) is 0 Å². The van der Waals surface area contributed by atoms with Crippen LogP contribution >= 0.6 is 11.8 Å². The predicted molar refractivity (Wildman–Crippen MR) is 95.4 cm³/mol. The molecule has 1 fully saturated rings. The van der Waals surface area contributed by atoms with Gasteiger partial charge in [0.15, 0.2) is 0 Å². The molecule has 20 heavy (non-hydrogen) atoms. The molecule has 1 aliphatic rings. The summed E-state index contributed by atoms with van der Waals surface area (Å²) < 4.78 is 20.8. The van der Waals surface area contributed by atoms with E-state index < -0.39 is 25.3 Å². The first kappa shape index (κ1) is 18.9. The van der Waals surface area contributed by atoms with Crippen LogP contribution in [-0.4, -0.2) is 67.5 Å². The third-order valence-corrected chi connectivity index (χ3v) is 15.1. The number of thioether (sulfide) groups is 1. The third kappa shape index (κ3) is 5.56. The average molecular weight is 354 g/mol. The topological polar surface area (TPSA) is 30.9 Å². The summed E-state index contributed by atoms with van der Waals surface area (Å²) in [6.45, 7) is 15.9. The highest BCUT2D eigenvalue weighted by atomic mass is 32.2. The van der Waals surface area contributed by atoms with Gasteiger partial charge in [0, 0.05) is 31.8 Å². The molecule has 0 atom stereocenters. The molecule has 0 amide bonds. The zero-order chi connectivity index (χ0) is 15.4. The molecule has 0 aromatic rings. The van der Waals surface area contributed by atoms with Gasteiger partial charge in [-0.15, -0.1) is 0 Å². The molecule has 0 saturated carbocycles. The quantitative estimate of drug-likeness (QED) is 0.709. The van der Waals surface area contributed by atoms with Gasteiger partial charge in [0.1, 0.15) is 16.5 Å². The van der Waals surface area contributed by atoms with Crippen molar-refractivity contribution in [1.82, 2.24) is 4.23 Å². The van der Waals surface area contributed by atoms with E-state index in [0.717, 1.165) is 30.9 Å². The highest BCUT2D eigenvalue weighted by Gasteiger charge is 2.48. The van der Waals surface area contributed by atoms with Crippen LogP contribution in [-0.2, 0) is 13.3 Å². The van der Waals surface area contributed by atoms with Crippen molar-refractivity contribution >= 4 is 37.0 Å². The Hall–Kier alpha value is 0.841. The number of hydrogen-bond donors (Lipinski definition) is 0. The van der Waals surface area contributed by atoms with Crippen molar-refractivity contribution in [2.24, 2.45) is 0 Å². The molecule has 120 valence electrons. The lowest BCUT2D eigenvalue weighted by molar-refractivity contribution is 0.0819. The SMILES string of the molecule is CO[Si]1(CN([Si](C)(C)C)[Si](C)(C)C)OCCSCCO1. The summed E-state index contributed by atoms with van der Waals surface area (Å²) in [5.74, 6) is 2.09. The van der Waals surface area contributed by atoms with E-state index in [1.165, 1.54) is 0 Å². The molecule has 4 nitrogen and oxygen atoms in total. The van der Waals surface area contributed by atoms with Crippen LogP contribution in [0.5, 0.6) is 0 Å². The standard InChI is InChI=1S/C12H31NO3SSi3/c1-14-20(15-8-10-17-11-9-16-20)12-13(18(2,3)4)19(5,6)7/h8-12H2,1-7H3. The van der Waals surface area contributed by atoms with Crippen LogP contribution in [0.15, 0.2) is 0 Å². The molecule has 0 aromatic carbocycles. The summed E-state index contributed by atoms with van der Waals surface area (Å²) in [5, 5.41) is 0. The lowest BCUT2D eigenvalue weighted by Gasteiger charge is -2.46. The molecule has 1 heterocycles. The lowest BCUT2D eigenvalue weighted by Crippen LogP contribution is -2.67. The molecule has 1 rings (SSSR count).